The summed E-state index contributed by atoms with van der Waals surface area (Å²) in [5.74, 6) is 1.41. The summed E-state index contributed by atoms with van der Waals surface area (Å²) in [6.45, 7) is 6.36. The zero-order valence-electron chi connectivity index (χ0n) is 13.6. The number of guanidine groups is 1. The number of nitrogens with zero attached hydrogens (tertiary/aromatic N) is 2. The predicted molar refractivity (Wildman–Crippen MR) is 92.3 cm³/mol. The van der Waals surface area contributed by atoms with Crippen LogP contribution in [0.25, 0.3) is 0 Å². The Morgan fingerprint density at radius 2 is 2.10 bits per heavy atom. The fraction of sp³-hybridized carbons (Fsp3) is 0.688. The van der Waals surface area contributed by atoms with Gasteiger partial charge in [0, 0.05) is 43.0 Å². The molecule has 2 unspecified atom stereocenters. The van der Waals surface area contributed by atoms with Gasteiger partial charge in [0.25, 0.3) is 0 Å². The number of aliphatic imine (C=N–C) groups is 1. The summed E-state index contributed by atoms with van der Waals surface area (Å²) in [6.07, 6.45) is 2.71. The van der Waals surface area contributed by atoms with Crippen LogP contribution in [0.2, 0.25) is 0 Å². The molecule has 5 heteroatoms. The van der Waals surface area contributed by atoms with Gasteiger partial charge in [-0.3, -0.25) is 9.89 Å². The predicted octanol–water partition coefficient (Wildman–Crippen LogP) is 2.50. The van der Waals surface area contributed by atoms with Crippen molar-refractivity contribution in [3.8, 4) is 0 Å². The average molecular weight is 308 g/mol. The highest BCUT2D eigenvalue weighted by molar-refractivity contribution is 7.10. The van der Waals surface area contributed by atoms with E-state index in [4.69, 9.17) is 0 Å². The second kappa shape index (κ2) is 7.80. The first-order chi connectivity index (χ1) is 10.1. The van der Waals surface area contributed by atoms with E-state index in [9.17, 15) is 0 Å². The molecule has 2 atom stereocenters. The maximum absolute atomic E-state index is 4.31. The molecule has 118 valence electrons. The van der Waals surface area contributed by atoms with Crippen LogP contribution in [0.5, 0.6) is 0 Å². The number of rotatable bonds is 7. The number of nitrogens with one attached hydrogen (secondary N) is 2. The van der Waals surface area contributed by atoms with Gasteiger partial charge >= 0.3 is 0 Å². The monoisotopic (exact) mass is 308 g/mol. The molecule has 1 aromatic rings. The van der Waals surface area contributed by atoms with E-state index in [1.54, 1.807) is 0 Å². The molecule has 1 saturated carbocycles. The molecule has 4 nitrogen and oxygen atoms in total. The van der Waals surface area contributed by atoms with Crippen LogP contribution >= 0.6 is 11.3 Å². The molecule has 0 spiro atoms. The SMILES string of the molecule is CN=C(NCC(C)c1cccs1)NCC(C)N(C)C1CC1. The van der Waals surface area contributed by atoms with Crippen LogP contribution in [0.3, 0.4) is 0 Å². The molecule has 0 aliphatic heterocycles. The molecule has 0 saturated heterocycles. The van der Waals surface area contributed by atoms with E-state index < -0.39 is 0 Å². The largest absolute Gasteiger partial charge is 0.356 e. The Morgan fingerprint density at radius 1 is 1.38 bits per heavy atom. The fourth-order valence-electron chi connectivity index (χ4n) is 2.37. The number of likely N-dealkylation sites (N-methyl/N-ethyl adjacent to an activating group) is 1. The molecule has 1 heterocycles. The summed E-state index contributed by atoms with van der Waals surface area (Å²) in [5, 5.41) is 8.99. The lowest BCUT2D eigenvalue weighted by Crippen LogP contribution is -2.46. The Bertz CT molecular complexity index is 439. The van der Waals surface area contributed by atoms with Crippen molar-refractivity contribution in [3.05, 3.63) is 22.4 Å². The summed E-state index contributed by atoms with van der Waals surface area (Å²) in [4.78, 5) is 8.20. The molecule has 0 amide bonds. The van der Waals surface area contributed by atoms with Gasteiger partial charge in [-0.05, 0) is 38.3 Å². The van der Waals surface area contributed by atoms with E-state index in [-0.39, 0.29) is 0 Å². The van der Waals surface area contributed by atoms with Gasteiger partial charge in [0.1, 0.15) is 0 Å². The number of thiophene rings is 1. The average Bonchev–Trinajstić information content (AvgIpc) is 3.20. The Kier molecular flexibility index (Phi) is 6.06. The van der Waals surface area contributed by atoms with Crippen LogP contribution in [-0.2, 0) is 0 Å². The van der Waals surface area contributed by atoms with E-state index in [0.29, 0.717) is 12.0 Å². The van der Waals surface area contributed by atoms with Gasteiger partial charge in [-0.25, -0.2) is 0 Å². The van der Waals surface area contributed by atoms with Crippen LogP contribution in [-0.4, -0.2) is 50.1 Å². The normalized spacial score (nSPS) is 18.6. The highest BCUT2D eigenvalue weighted by Gasteiger charge is 2.28. The molecule has 21 heavy (non-hydrogen) atoms. The van der Waals surface area contributed by atoms with Gasteiger partial charge in [-0.15, -0.1) is 11.3 Å². The third-order valence-corrected chi connectivity index (χ3v) is 5.32. The van der Waals surface area contributed by atoms with Crippen molar-refractivity contribution in [2.24, 2.45) is 4.99 Å². The van der Waals surface area contributed by atoms with Gasteiger partial charge in [0.15, 0.2) is 5.96 Å². The molecule has 0 aromatic carbocycles. The minimum atomic E-state index is 0.509. The zero-order valence-corrected chi connectivity index (χ0v) is 14.4. The van der Waals surface area contributed by atoms with Crippen molar-refractivity contribution < 1.29 is 0 Å². The number of hydrogen-bond acceptors (Lipinski definition) is 3. The Balaban J connectivity index is 1.70. The first kappa shape index (κ1) is 16.3. The van der Waals surface area contributed by atoms with E-state index in [0.717, 1.165) is 25.1 Å². The van der Waals surface area contributed by atoms with Crippen molar-refractivity contribution in [1.82, 2.24) is 15.5 Å². The summed E-state index contributed by atoms with van der Waals surface area (Å²) in [5.41, 5.74) is 0. The summed E-state index contributed by atoms with van der Waals surface area (Å²) in [7, 11) is 4.06. The summed E-state index contributed by atoms with van der Waals surface area (Å²) < 4.78 is 0. The molecule has 1 aliphatic carbocycles. The highest BCUT2D eigenvalue weighted by Crippen LogP contribution is 2.26. The van der Waals surface area contributed by atoms with E-state index in [1.165, 1.54) is 17.7 Å². The lowest BCUT2D eigenvalue weighted by molar-refractivity contribution is 0.247. The highest BCUT2D eigenvalue weighted by atomic mass is 32.1. The molecule has 1 aromatic heterocycles. The molecule has 1 fully saturated rings. The Morgan fingerprint density at radius 3 is 2.67 bits per heavy atom. The van der Waals surface area contributed by atoms with Crippen molar-refractivity contribution in [3.63, 3.8) is 0 Å². The van der Waals surface area contributed by atoms with E-state index >= 15 is 0 Å². The molecular weight excluding hydrogens is 280 g/mol. The first-order valence-electron chi connectivity index (χ1n) is 7.81. The second-order valence-electron chi connectivity index (χ2n) is 6.00. The van der Waals surface area contributed by atoms with Crippen molar-refractivity contribution >= 4 is 17.3 Å². The molecule has 1 aliphatic rings. The minimum Gasteiger partial charge on any atom is -0.356 e. The maximum atomic E-state index is 4.31. The third kappa shape index (κ3) is 5.00. The molecule has 2 rings (SSSR count). The molecular formula is C16H28N4S. The van der Waals surface area contributed by atoms with Crippen molar-refractivity contribution in [2.75, 3.05) is 27.2 Å². The van der Waals surface area contributed by atoms with Gasteiger partial charge in [-0.1, -0.05) is 13.0 Å². The minimum absolute atomic E-state index is 0.509. The Labute approximate surface area is 132 Å². The fourth-order valence-corrected chi connectivity index (χ4v) is 3.16. The maximum Gasteiger partial charge on any atom is 0.191 e. The lowest BCUT2D eigenvalue weighted by Gasteiger charge is -2.25. The van der Waals surface area contributed by atoms with Crippen molar-refractivity contribution in [2.45, 2.75) is 44.7 Å². The molecule has 0 radical (unpaired) electrons. The van der Waals surface area contributed by atoms with Crippen LogP contribution in [0.15, 0.2) is 22.5 Å². The zero-order chi connectivity index (χ0) is 15.2. The van der Waals surface area contributed by atoms with E-state index in [1.807, 2.05) is 18.4 Å². The Hall–Kier alpha value is -1.07. The number of hydrogen-bond donors (Lipinski definition) is 2. The topological polar surface area (TPSA) is 39.7 Å². The van der Waals surface area contributed by atoms with Gasteiger partial charge in [-0.2, -0.15) is 0 Å². The standard InChI is InChI=1S/C16H28N4S/c1-12(15-6-5-9-21-15)10-18-16(17-3)19-11-13(2)20(4)14-7-8-14/h5-6,9,12-14H,7-8,10-11H2,1-4H3,(H2,17,18,19). The molecule has 0 bridgehead atoms. The van der Waals surface area contributed by atoms with Crippen LogP contribution in [0.1, 0.15) is 37.5 Å². The van der Waals surface area contributed by atoms with Crippen LogP contribution in [0, 0.1) is 0 Å². The van der Waals surface area contributed by atoms with Gasteiger partial charge in [0.2, 0.25) is 0 Å². The first-order valence-corrected chi connectivity index (χ1v) is 8.69. The summed E-state index contributed by atoms with van der Waals surface area (Å²) >= 11 is 1.82. The van der Waals surface area contributed by atoms with Crippen LogP contribution in [0.4, 0.5) is 0 Å². The smallest absolute Gasteiger partial charge is 0.191 e. The molecule has 2 N–H and O–H groups in total. The summed E-state index contributed by atoms with van der Waals surface area (Å²) in [6, 6.07) is 5.64. The van der Waals surface area contributed by atoms with Gasteiger partial charge < -0.3 is 10.6 Å². The van der Waals surface area contributed by atoms with Crippen LogP contribution < -0.4 is 10.6 Å². The van der Waals surface area contributed by atoms with Gasteiger partial charge in [0.05, 0.1) is 0 Å². The van der Waals surface area contributed by atoms with Crippen molar-refractivity contribution in [1.29, 1.82) is 0 Å². The van der Waals surface area contributed by atoms with E-state index in [2.05, 4.69) is 58.9 Å². The third-order valence-electron chi connectivity index (χ3n) is 4.21. The second-order valence-corrected chi connectivity index (χ2v) is 6.98. The quantitative estimate of drug-likeness (QED) is 0.600. The lowest BCUT2D eigenvalue weighted by atomic mass is 10.1.